The molecule has 2 heterocycles. The van der Waals surface area contributed by atoms with Gasteiger partial charge in [-0.25, -0.2) is 13.8 Å². The summed E-state index contributed by atoms with van der Waals surface area (Å²) in [6.45, 7) is 4.19. The van der Waals surface area contributed by atoms with Gasteiger partial charge < -0.3 is 4.90 Å². The second kappa shape index (κ2) is 5.93. The quantitative estimate of drug-likeness (QED) is 0.834. The lowest BCUT2D eigenvalue weighted by Gasteiger charge is -2.35. The number of hydrogen-bond acceptors (Lipinski definition) is 4. The number of halogens is 2. The minimum atomic E-state index is -2.28. The van der Waals surface area contributed by atoms with Crippen molar-refractivity contribution >= 4 is 5.82 Å². The first-order valence-electron chi connectivity index (χ1n) is 6.23. The van der Waals surface area contributed by atoms with E-state index in [1.54, 1.807) is 4.90 Å². The first kappa shape index (κ1) is 13.7. The van der Waals surface area contributed by atoms with Crippen LogP contribution in [0.1, 0.15) is 11.3 Å². The van der Waals surface area contributed by atoms with Gasteiger partial charge in [0.2, 0.25) is 0 Å². The zero-order chi connectivity index (χ0) is 13.8. The molecule has 0 aliphatic carbocycles. The van der Waals surface area contributed by atoms with Gasteiger partial charge in [0.05, 0.1) is 6.54 Å². The highest BCUT2D eigenvalue weighted by molar-refractivity contribution is 5.45. The standard InChI is InChI=1S/C13H16F2N4/c1-10-2-3-13(17-11(10)8-16)19-6-4-18(5-7-19)9-12(14)15/h2-3,12H,4-7,9H2,1H3. The van der Waals surface area contributed by atoms with E-state index in [0.717, 1.165) is 11.4 Å². The summed E-state index contributed by atoms with van der Waals surface area (Å²) in [7, 11) is 0. The Bertz CT molecular complexity index is 476. The summed E-state index contributed by atoms with van der Waals surface area (Å²) in [5, 5.41) is 8.96. The van der Waals surface area contributed by atoms with Gasteiger partial charge in [-0.15, -0.1) is 0 Å². The van der Waals surface area contributed by atoms with Crippen LogP contribution in [0.3, 0.4) is 0 Å². The summed E-state index contributed by atoms with van der Waals surface area (Å²) in [5.41, 5.74) is 1.27. The molecule has 0 amide bonds. The Morgan fingerprint density at radius 2 is 2.00 bits per heavy atom. The molecule has 0 radical (unpaired) electrons. The van der Waals surface area contributed by atoms with Crippen molar-refractivity contribution in [1.82, 2.24) is 9.88 Å². The molecule has 0 aromatic carbocycles. The van der Waals surface area contributed by atoms with Crippen LogP contribution in [0.25, 0.3) is 0 Å². The van der Waals surface area contributed by atoms with Crippen molar-refractivity contribution in [2.75, 3.05) is 37.6 Å². The van der Waals surface area contributed by atoms with E-state index in [4.69, 9.17) is 5.26 Å². The summed E-state index contributed by atoms with van der Waals surface area (Å²) < 4.78 is 24.6. The predicted molar refractivity (Wildman–Crippen MR) is 68.3 cm³/mol. The van der Waals surface area contributed by atoms with Gasteiger partial charge in [0.15, 0.2) is 0 Å². The number of piperazine rings is 1. The van der Waals surface area contributed by atoms with E-state index < -0.39 is 6.43 Å². The molecule has 0 bridgehead atoms. The van der Waals surface area contributed by atoms with Crippen molar-refractivity contribution in [3.05, 3.63) is 23.4 Å². The molecule has 0 saturated carbocycles. The van der Waals surface area contributed by atoms with E-state index in [0.29, 0.717) is 31.9 Å². The highest BCUT2D eigenvalue weighted by Gasteiger charge is 2.20. The highest BCUT2D eigenvalue weighted by atomic mass is 19.3. The monoisotopic (exact) mass is 266 g/mol. The Hall–Kier alpha value is -1.74. The van der Waals surface area contributed by atoms with Crippen LogP contribution in [0.5, 0.6) is 0 Å². The SMILES string of the molecule is Cc1ccc(N2CCN(CC(F)F)CC2)nc1C#N. The van der Waals surface area contributed by atoms with E-state index >= 15 is 0 Å². The van der Waals surface area contributed by atoms with Gasteiger partial charge in [-0.2, -0.15) is 5.26 Å². The van der Waals surface area contributed by atoms with Gasteiger partial charge in [-0.3, -0.25) is 4.90 Å². The number of nitrogens with zero attached hydrogens (tertiary/aromatic N) is 4. The fraction of sp³-hybridized carbons (Fsp3) is 0.538. The van der Waals surface area contributed by atoms with Crippen LogP contribution in [0, 0.1) is 18.3 Å². The Kier molecular flexibility index (Phi) is 4.27. The molecule has 0 N–H and O–H groups in total. The second-order valence-electron chi connectivity index (χ2n) is 4.63. The summed E-state index contributed by atoms with van der Waals surface area (Å²) >= 11 is 0. The molecule has 1 fully saturated rings. The van der Waals surface area contributed by atoms with Crippen LogP contribution in [-0.2, 0) is 0 Å². The molecule has 1 saturated heterocycles. The van der Waals surface area contributed by atoms with E-state index in [2.05, 4.69) is 11.1 Å². The van der Waals surface area contributed by atoms with Gasteiger partial charge in [-0.05, 0) is 18.6 Å². The molecule has 2 rings (SSSR count). The largest absolute Gasteiger partial charge is 0.354 e. The van der Waals surface area contributed by atoms with E-state index in [-0.39, 0.29) is 6.54 Å². The van der Waals surface area contributed by atoms with Gasteiger partial charge in [0.1, 0.15) is 17.6 Å². The maximum atomic E-state index is 12.3. The minimum Gasteiger partial charge on any atom is -0.354 e. The number of nitriles is 1. The van der Waals surface area contributed by atoms with Crippen LogP contribution in [-0.4, -0.2) is 49.0 Å². The first-order chi connectivity index (χ1) is 9.10. The molecule has 1 aromatic rings. The third kappa shape index (κ3) is 3.38. The van der Waals surface area contributed by atoms with Crippen LogP contribution in [0.2, 0.25) is 0 Å². The van der Waals surface area contributed by atoms with E-state index in [9.17, 15) is 8.78 Å². The number of aromatic nitrogens is 1. The zero-order valence-electron chi connectivity index (χ0n) is 10.8. The first-order valence-corrected chi connectivity index (χ1v) is 6.23. The third-order valence-corrected chi connectivity index (χ3v) is 3.28. The Morgan fingerprint density at radius 1 is 1.32 bits per heavy atom. The number of aryl methyl sites for hydroxylation is 1. The number of hydrogen-bond donors (Lipinski definition) is 0. The zero-order valence-corrected chi connectivity index (χ0v) is 10.8. The van der Waals surface area contributed by atoms with Crippen LogP contribution in [0.4, 0.5) is 14.6 Å². The fourth-order valence-electron chi connectivity index (χ4n) is 2.16. The number of pyridine rings is 1. The summed E-state index contributed by atoms with van der Waals surface area (Å²) in [4.78, 5) is 8.08. The smallest absolute Gasteiger partial charge is 0.251 e. The maximum absolute atomic E-state index is 12.3. The highest BCUT2D eigenvalue weighted by Crippen LogP contribution is 2.16. The number of anilines is 1. The second-order valence-corrected chi connectivity index (χ2v) is 4.63. The van der Waals surface area contributed by atoms with Crippen molar-refractivity contribution < 1.29 is 8.78 Å². The minimum absolute atomic E-state index is 0.168. The Balaban J connectivity index is 2.00. The predicted octanol–water partition coefficient (Wildman–Crippen LogP) is 1.65. The normalized spacial score (nSPS) is 16.7. The molecule has 1 aliphatic rings. The maximum Gasteiger partial charge on any atom is 0.251 e. The van der Waals surface area contributed by atoms with E-state index in [1.165, 1.54) is 0 Å². The molecule has 102 valence electrons. The number of rotatable bonds is 3. The van der Waals surface area contributed by atoms with Crippen molar-refractivity contribution in [3.63, 3.8) is 0 Å². The summed E-state index contributed by atoms with van der Waals surface area (Å²) in [6, 6.07) is 5.80. The van der Waals surface area contributed by atoms with Crippen LogP contribution in [0.15, 0.2) is 12.1 Å². The molecule has 0 spiro atoms. The summed E-state index contributed by atoms with van der Waals surface area (Å²) in [5.74, 6) is 0.749. The molecule has 0 atom stereocenters. The van der Waals surface area contributed by atoms with Crippen molar-refractivity contribution in [1.29, 1.82) is 5.26 Å². The molecule has 6 heteroatoms. The molecule has 0 unspecified atom stereocenters. The Labute approximate surface area is 111 Å². The molecule has 1 aromatic heterocycles. The van der Waals surface area contributed by atoms with Crippen molar-refractivity contribution in [2.24, 2.45) is 0 Å². The van der Waals surface area contributed by atoms with Gasteiger partial charge in [0.25, 0.3) is 6.43 Å². The lowest BCUT2D eigenvalue weighted by molar-refractivity contribution is 0.0854. The fourth-order valence-corrected chi connectivity index (χ4v) is 2.16. The molecular formula is C13H16F2N4. The molecule has 1 aliphatic heterocycles. The topological polar surface area (TPSA) is 43.2 Å². The van der Waals surface area contributed by atoms with Gasteiger partial charge in [0, 0.05) is 26.2 Å². The van der Waals surface area contributed by atoms with Crippen LogP contribution >= 0.6 is 0 Å². The average Bonchev–Trinajstić information content (AvgIpc) is 2.40. The lowest BCUT2D eigenvalue weighted by atomic mass is 10.2. The van der Waals surface area contributed by atoms with Crippen molar-refractivity contribution in [2.45, 2.75) is 13.3 Å². The average molecular weight is 266 g/mol. The molecular weight excluding hydrogens is 250 g/mol. The van der Waals surface area contributed by atoms with Crippen molar-refractivity contribution in [3.8, 4) is 6.07 Å². The summed E-state index contributed by atoms with van der Waals surface area (Å²) in [6.07, 6.45) is -2.28. The third-order valence-electron chi connectivity index (χ3n) is 3.28. The van der Waals surface area contributed by atoms with Gasteiger partial charge >= 0.3 is 0 Å². The van der Waals surface area contributed by atoms with Gasteiger partial charge in [-0.1, -0.05) is 6.07 Å². The van der Waals surface area contributed by atoms with Crippen LogP contribution < -0.4 is 4.90 Å². The molecule has 19 heavy (non-hydrogen) atoms. The lowest BCUT2D eigenvalue weighted by Crippen LogP contribution is -2.48. The van der Waals surface area contributed by atoms with E-state index in [1.807, 2.05) is 24.0 Å². The number of alkyl halides is 2. The molecule has 4 nitrogen and oxygen atoms in total. The Morgan fingerprint density at radius 3 is 2.58 bits per heavy atom.